The van der Waals surface area contributed by atoms with Crippen molar-refractivity contribution in [2.45, 2.75) is 25.1 Å². The average molecular weight is 313 g/mol. The second-order valence-electron chi connectivity index (χ2n) is 4.09. The molecule has 8 heteroatoms. The van der Waals surface area contributed by atoms with Gasteiger partial charge in [-0.1, -0.05) is 24.8 Å². The maximum Gasteiger partial charge on any atom is 0.276 e. The van der Waals surface area contributed by atoms with Crippen LogP contribution in [0.5, 0.6) is 0 Å². The van der Waals surface area contributed by atoms with Crippen molar-refractivity contribution < 1.29 is 18.0 Å². The second kappa shape index (κ2) is 7.16. The molecule has 0 aliphatic carbocycles. The second-order valence-corrected chi connectivity index (χ2v) is 5.14. The third kappa shape index (κ3) is 4.01. The molecule has 0 atom stereocenters. The molecule has 2 rings (SSSR count). The number of benzene rings is 1. The van der Waals surface area contributed by atoms with E-state index in [1.807, 2.05) is 6.92 Å². The first-order valence-electron chi connectivity index (χ1n) is 6.29. The van der Waals surface area contributed by atoms with Crippen LogP contribution in [0.3, 0.4) is 0 Å². The zero-order chi connectivity index (χ0) is 15.2. The summed E-state index contributed by atoms with van der Waals surface area (Å²) in [6, 6.07) is 3.23. The first-order valence-corrected chi connectivity index (χ1v) is 7.27. The summed E-state index contributed by atoms with van der Waals surface area (Å²) in [5.74, 6) is -1.69. The molecule has 0 aliphatic heterocycles. The fourth-order valence-electron chi connectivity index (χ4n) is 1.52. The minimum atomic E-state index is -0.919. The monoisotopic (exact) mass is 313 g/mol. The number of halogens is 2. The topological polar surface area (TPSA) is 68.0 Å². The van der Waals surface area contributed by atoms with Crippen LogP contribution in [0.1, 0.15) is 29.6 Å². The van der Waals surface area contributed by atoms with Gasteiger partial charge in [0, 0.05) is 5.75 Å². The van der Waals surface area contributed by atoms with Gasteiger partial charge in [-0.05, 0) is 18.6 Å². The van der Waals surface area contributed by atoms with Crippen LogP contribution in [0.2, 0.25) is 0 Å². The summed E-state index contributed by atoms with van der Waals surface area (Å²) in [7, 11) is 0. The van der Waals surface area contributed by atoms with Crippen molar-refractivity contribution in [3.8, 4) is 0 Å². The van der Waals surface area contributed by atoms with Crippen LogP contribution in [0, 0.1) is 11.6 Å². The van der Waals surface area contributed by atoms with Crippen LogP contribution < -0.4 is 5.32 Å². The van der Waals surface area contributed by atoms with E-state index >= 15 is 0 Å². The van der Waals surface area contributed by atoms with E-state index < -0.39 is 23.1 Å². The lowest BCUT2D eigenvalue weighted by Crippen LogP contribution is -2.25. The molecule has 2 aromatic rings. The molecular formula is C13H13F2N3O2S. The minimum Gasteiger partial charge on any atom is -0.414 e. The fourth-order valence-corrected chi connectivity index (χ4v) is 2.15. The highest BCUT2D eigenvalue weighted by atomic mass is 32.2. The zero-order valence-electron chi connectivity index (χ0n) is 11.2. The van der Waals surface area contributed by atoms with E-state index in [4.69, 9.17) is 4.42 Å². The Balaban J connectivity index is 1.96. The molecule has 0 aliphatic rings. The molecule has 0 radical (unpaired) electrons. The first-order chi connectivity index (χ1) is 10.1. The van der Waals surface area contributed by atoms with Gasteiger partial charge in [-0.25, -0.2) is 8.78 Å². The Morgan fingerprint density at radius 3 is 2.71 bits per heavy atom. The van der Waals surface area contributed by atoms with E-state index in [1.165, 1.54) is 17.8 Å². The molecule has 0 saturated carbocycles. The molecular weight excluding hydrogens is 300 g/mol. The van der Waals surface area contributed by atoms with Crippen LogP contribution in [-0.2, 0) is 6.54 Å². The van der Waals surface area contributed by atoms with Gasteiger partial charge in [-0.15, -0.1) is 10.2 Å². The summed E-state index contributed by atoms with van der Waals surface area (Å²) in [6.07, 6.45) is 0.964. The normalized spacial score (nSPS) is 10.6. The average Bonchev–Trinajstić information content (AvgIpc) is 2.90. The van der Waals surface area contributed by atoms with Gasteiger partial charge in [-0.3, -0.25) is 4.79 Å². The smallest absolute Gasteiger partial charge is 0.276 e. The van der Waals surface area contributed by atoms with E-state index in [-0.39, 0.29) is 12.4 Å². The molecule has 1 aromatic heterocycles. The third-order valence-electron chi connectivity index (χ3n) is 2.47. The molecule has 5 nitrogen and oxygen atoms in total. The largest absolute Gasteiger partial charge is 0.414 e. The molecule has 0 unspecified atom stereocenters. The molecule has 1 N–H and O–H groups in total. The van der Waals surface area contributed by atoms with Crippen LogP contribution in [0.4, 0.5) is 8.78 Å². The van der Waals surface area contributed by atoms with E-state index in [2.05, 4.69) is 15.5 Å². The number of thioether (sulfide) groups is 1. The predicted molar refractivity (Wildman–Crippen MR) is 72.8 cm³/mol. The lowest BCUT2D eigenvalue weighted by molar-refractivity contribution is 0.0938. The molecule has 1 heterocycles. The number of carbonyl (C=O) groups is 1. The zero-order valence-corrected chi connectivity index (χ0v) is 12.0. The van der Waals surface area contributed by atoms with Crippen LogP contribution in [-0.4, -0.2) is 21.9 Å². The van der Waals surface area contributed by atoms with E-state index in [0.29, 0.717) is 5.22 Å². The highest BCUT2D eigenvalue weighted by molar-refractivity contribution is 7.99. The van der Waals surface area contributed by atoms with Crippen molar-refractivity contribution in [3.63, 3.8) is 0 Å². The Bertz CT molecular complexity index is 613. The summed E-state index contributed by atoms with van der Waals surface area (Å²) < 4.78 is 32.1. The molecule has 112 valence electrons. The molecule has 1 aromatic carbocycles. The Morgan fingerprint density at radius 1 is 1.33 bits per heavy atom. The van der Waals surface area contributed by atoms with Gasteiger partial charge in [0.2, 0.25) is 5.89 Å². The molecule has 0 saturated heterocycles. The summed E-state index contributed by atoms with van der Waals surface area (Å²) in [4.78, 5) is 11.8. The summed E-state index contributed by atoms with van der Waals surface area (Å²) >= 11 is 1.40. The fraction of sp³-hybridized carbons (Fsp3) is 0.308. The van der Waals surface area contributed by atoms with Crippen molar-refractivity contribution in [1.82, 2.24) is 15.5 Å². The van der Waals surface area contributed by atoms with Crippen LogP contribution in [0.25, 0.3) is 0 Å². The molecule has 21 heavy (non-hydrogen) atoms. The molecule has 0 fully saturated rings. The lowest BCUT2D eigenvalue weighted by Gasteiger charge is -2.04. The van der Waals surface area contributed by atoms with Gasteiger partial charge in [-0.2, -0.15) is 0 Å². The number of nitrogens with one attached hydrogen (secondary N) is 1. The van der Waals surface area contributed by atoms with Crippen molar-refractivity contribution in [1.29, 1.82) is 0 Å². The maximum atomic E-state index is 13.4. The number of carbonyl (C=O) groups excluding carboxylic acids is 1. The Labute approximate surface area is 124 Å². The summed E-state index contributed by atoms with van der Waals surface area (Å²) in [5.41, 5.74) is -0.627. The number of hydrogen-bond donors (Lipinski definition) is 1. The van der Waals surface area contributed by atoms with E-state index in [9.17, 15) is 13.6 Å². The lowest BCUT2D eigenvalue weighted by atomic mass is 10.2. The van der Waals surface area contributed by atoms with Gasteiger partial charge in [0.1, 0.15) is 17.2 Å². The van der Waals surface area contributed by atoms with Crippen LogP contribution >= 0.6 is 11.8 Å². The number of amides is 1. The molecule has 1 amide bonds. The van der Waals surface area contributed by atoms with Gasteiger partial charge in [0.05, 0.1) is 6.54 Å². The van der Waals surface area contributed by atoms with Gasteiger partial charge in [0.15, 0.2) is 0 Å². The predicted octanol–water partition coefficient (Wildman–Crippen LogP) is 2.78. The quantitative estimate of drug-likeness (QED) is 0.831. The highest BCUT2D eigenvalue weighted by Crippen LogP contribution is 2.17. The van der Waals surface area contributed by atoms with Gasteiger partial charge in [0.25, 0.3) is 11.1 Å². The third-order valence-corrected chi connectivity index (χ3v) is 3.49. The van der Waals surface area contributed by atoms with Crippen molar-refractivity contribution in [2.24, 2.45) is 0 Å². The maximum absolute atomic E-state index is 13.4. The molecule has 0 bridgehead atoms. The summed E-state index contributed by atoms with van der Waals surface area (Å²) in [5, 5.41) is 10.3. The first kappa shape index (κ1) is 15.4. The minimum absolute atomic E-state index is 0.0910. The van der Waals surface area contributed by atoms with Gasteiger partial charge >= 0.3 is 0 Å². The van der Waals surface area contributed by atoms with E-state index in [1.54, 1.807) is 0 Å². The Hall–Kier alpha value is -1.96. The van der Waals surface area contributed by atoms with Crippen LogP contribution in [0.15, 0.2) is 27.8 Å². The Kier molecular flexibility index (Phi) is 5.26. The number of hydrogen-bond acceptors (Lipinski definition) is 5. The Morgan fingerprint density at radius 2 is 2.05 bits per heavy atom. The van der Waals surface area contributed by atoms with E-state index in [0.717, 1.165) is 24.3 Å². The number of aromatic nitrogens is 2. The SMILES string of the molecule is CCCSc1nnc(CNC(=O)c2c(F)cccc2F)o1. The van der Waals surface area contributed by atoms with Gasteiger partial charge < -0.3 is 9.73 Å². The van der Waals surface area contributed by atoms with Crippen molar-refractivity contribution >= 4 is 17.7 Å². The number of nitrogens with zero attached hydrogens (tertiary/aromatic N) is 2. The highest BCUT2D eigenvalue weighted by Gasteiger charge is 2.17. The molecule has 0 spiro atoms. The number of rotatable bonds is 6. The standard InChI is InChI=1S/C13H13F2N3O2S/c1-2-6-21-13-18-17-10(20-13)7-16-12(19)11-8(14)4-3-5-9(11)15/h3-5H,2,6-7H2,1H3,(H,16,19). The van der Waals surface area contributed by atoms with Crippen molar-refractivity contribution in [3.05, 3.63) is 41.3 Å². The summed E-state index contributed by atoms with van der Waals surface area (Å²) in [6.45, 7) is 1.93. The van der Waals surface area contributed by atoms with Crippen molar-refractivity contribution in [2.75, 3.05) is 5.75 Å².